The molecule has 2 aliphatic rings. The van der Waals surface area contributed by atoms with Gasteiger partial charge >= 0.3 is 12.1 Å². The van der Waals surface area contributed by atoms with Crippen molar-refractivity contribution in [1.82, 2.24) is 15.2 Å². The average Bonchev–Trinajstić information content (AvgIpc) is 3.44. The van der Waals surface area contributed by atoms with Crippen molar-refractivity contribution in [2.75, 3.05) is 12.4 Å². The molecule has 1 aromatic carbocycles. The van der Waals surface area contributed by atoms with Gasteiger partial charge in [-0.2, -0.15) is 0 Å². The summed E-state index contributed by atoms with van der Waals surface area (Å²) in [6.07, 6.45) is -0.849. The van der Waals surface area contributed by atoms with Crippen LogP contribution in [0.5, 0.6) is 0 Å². The number of oxime groups is 1. The molecule has 3 amide bonds. The van der Waals surface area contributed by atoms with Crippen LogP contribution in [0, 0.1) is 10.1 Å². The number of carboxylic acids is 1. The van der Waals surface area contributed by atoms with E-state index in [2.05, 4.69) is 20.8 Å². The molecule has 0 bridgehead atoms. The van der Waals surface area contributed by atoms with E-state index in [9.17, 15) is 34.4 Å². The van der Waals surface area contributed by atoms with Gasteiger partial charge in [0, 0.05) is 22.3 Å². The Morgan fingerprint density at radius 2 is 1.97 bits per heavy atom. The summed E-state index contributed by atoms with van der Waals surface area (Å²) >= 11 is 2.25. The van der Waals surface area contributed by atoms with Crippen LogP contribution < -0.4 is 10.6 Å². The van der Waals surface area contributed by atoms with Gasteiger partial charge in [-0.15, -0.1) is 23.1 Å². The second-order valence-electron chi connectivity index (χ2n) is 8.83. The molecule has 3 N–H and O–H groups in total. The highest BCUT2D eigenvalue weighted by molar-refractivity contribution is 8.01. The Balaban J connectivity index is 1.36. The van der Waals surface area contributed by atoms with E-state index in [-0.39, 0.29) is 28.8 Å². The molecular weight excluding hydrogens is 556 g/mol. The van der Waals surface area contributed by atoms with E-state index in [1.54, 1.807) is 13.8 Å². The largest absolute Gasteiger partial charge is 0.480 e. The molecule has 2 aliphatic heterocycles. The van der Waals surface area contributed by atoms with Crippen LogP contribution in [0.3, 0.4) is 0 Å². The summed E-state index contributed by atoms with van der Waals surface area (Å²) in [7, 11) is 1.22. The highest BCUT2D eigenvalue weighted by Gasteiger charge is 2.64. The number of carboxylic acid groups (broad SMARTS) is 1. The Kier molecular flexibility index (Phi) is 7.73. The Morgan fingerprint density at radius 1 is 1.28 bits per heavy atom. The second kappa shape index (κ2) is 10.9. The van der Waals surface area contributed by atoms with Crippen molar-refractivity contribution >= 4 is 63.5 Å². The summed E-state index contributed by atoms with van der Waals surface area (Å²) in [5.41, 5.74) is 0.232. The number of thiazole rings is 1. The molecule has 2 fully saturated rings. The number of amides is 3. The Labute approximate surface area is 228 Å². The topological polar surface area (TPSA) is 203 Å². The van der Waals surface area contributed by atoms with Crippen molar-refractivity contribution in [2.45, 2.75) is 42.7 Å². The molecule has 3 heterocycles. The predicted octanol–water partition coefficient (Wildman–Crippen LogP) is 1.78. The maximum atomic E-state index is 13.0. The number of ether oxygens (including phenoxy) is 1. The lowest BCUT2D eigenvalue weighted by molar-refractivity contribution is -0.384. The summed E-state index contributed by atoms with van der Waals surface area (Å²) in [5.74, 6) is -2.42. The van der Waals surface area contributed by atoms with E-state index in [1.165, 1.54) is 53.4 Å². The Morgan fingerprint density at radius 3 is 2.59 bits per heavy atom. The quantitative estimate of drug-likeness (QED) is 0.169. The summed E-state index contributed by atoms with van der Waals surface area (Å²) in [4.78, 5) is 69.9. The SMILES string of the molecule is CON=C(C(=O)N[C@@H]1C(=O)N2[C@@H]1SC(C)(C)[C@@H]2C(=O)O)c1csc(NC(=O)OCc2ccc([N+](=O)[O-])cc2)n1. The fourth-order valence-electron chi connectivity index (χ4n) is 4.08. The number of nitro groups is 1. The molecule has 206 valence electrons. The van der Waals surface area contributed by atoms with E-state index in [1.807, 2.05) is 0 Å². The molecule has 0 saturated carbocycles. The van der Waals surface area contributed by atoms with Crippen molar-refractivity contribution < 1.29 is 38.8 Å². The number of non-ortho nitro benzene ring substituents is 1. The van der Waals surface area contributed by atoms with Gasteiger partial charge in [-0.1, -0.05) is 5.16 Å². The minimum atomic E-state index is -1.12. The molecule has 4 rings (SSSR count). The lowest BCUT2D eigenvalue weighted by Crippen LogP contribution is -2.71. The fraction of sp³-hybridized carbons (Fsp3) is 0.364. The highest BCUT2D eigenvalue weighted by Crippen LogP contribution is 2.50. The molecule has 0 radical (unpaired) electrons. The first kappa shape index (κ1) is 27.8. The monoisotopic (exact) mass is 578 g/mol. The van der Waals surface area contributed by atoms with Crippen LogP contribution in [0.1, 0.15) is 25.1 Å². The van der Waals surface area contributed by atoms with E-state index in [0.29, 0.717) is 5.56 Å². The normalized spacial score (nSPS) is 21.4. The van der Waals surface area contributed by atoms with Gasteiger partial charge in [0.05, 0.1) is 4.92 Å². The van der Waals surface area contributed by atoms with Crippen LogP contribution in [-0.4, -0.2) is 78.8 Å². The first-order valence-electron chi connectivity index (χ1n) is 11.2. The van der Waals surface area contributed by atoms with Gasteiger partial charge < -0.3 is 24.9 Å². The number of aromatic nitrogens is 1. The number of benzene rings is 1. The number of anilines is 1. The van der Waals surface area contributed by atoms with Crippen molar-refractivity contribution in [2.24, 2.45) is 5.16 Å². The number of nitrogens with zero attached hydrogens (tertiary/aromatic N) is 4. The maximum Gasteiger partial charge on any atom is 0.413 e. The van der Waals surface area contributed by atoms with Gasteiger partial charge in [0.1, 0.15) is 36.9 Å². The Bertz CT molecular complexity index is 1360. The number of hydrogen-bond acceptors (Lipinski definition) is 12. The lowest BCUT2D eigenvalue weighted by Gasteiger charge is -2.43. The number of fused-ring (bicyclic) bond motifs is 1. The van der Waals surface area contributed by atoms with Crippen LogP contribution in [0.25, 0.3) is 0 Å². The first-order chi connectivity index (χ1) is 18.4. The molecule has 2 saturated heterocycles. The smallest absolute Gasteiger partial charge is 0.413 e. The molecule has 3 atom stereocenters. The number of rotatable bonds is 9. The van der Waals surface area contributed by atoms with Gasteiger partial charge in [-0.05, 0) is 31.5 Å². The molecule has 0 spiro atoms. The minimum absolute atomic E-state index is 0.0523. The number of nitro benzene ring substituents is 1. The van der Waals surface area contributed by atoms with Gasteiger partial charge in [0.25, 0.3) is 11.6 Å². The molecule has 17 heteroatoms. The molecule has 0 unspecified atom stereocenters. The van der Waals surface area contributed by atoms with Gasteiger partial charge in [0.15, 0.2) is 10.8 Å². The van der Waals surface area contributed by atoms with E-state index < -0.39 is 51.0 Å². The zero-order chi connectivity index (χ0) is 28.5. The van der Waals surface area contributed by atoms with Crippen LogP contribution in [-0.2, 0) is 30.6 Å². The molecule has 15 nitrogen and oxygen atoms in total. The van der Waals surface area contributed by atoms with Crippen molar-refractivity contribution in [3.05, 3.63) is 51.0 Å². The summed E-state index contributed by atoms with van der Waals surface area (Å²) in [6, 6.07) is 3.51. The molecular formula is C22H22N6O9S2. The third-order valence-electron chi connectivity index (χ3n) is 5.83. The van der Waals surface area contributed by atoms with E-state index >= 15 is 0 Å². The molecule has 2 aromatic rings. The summed E-state index contributed by atoms with van der Waals surface area (Å²) < 4.78 is 4.34. The van der Waals surface area contributed by atoms with Crippen LogP contribution in [0.15, 0.2) is 34.8 Å². The minimum Gasteiger partial charge on any atom is -0.480 e. The lowest BCUT2D eigenvalue weighted by atomic mass is 9.96. The summed E-state index contributed by atoms with van der Waals surface area (Å²) in [5, 5.41) is 29.9. The number of aliphatic carboxylic acids is 1. The first-order valence-corrected chi connectivity index (χ1v) is 13.0. The van der Waals surface area contributed by atoms with Gasteiger partial charge in [-0.25, -0.2) is 14.6 Å². The van der Waals surface area contributed by atoms with Crippen LogP contribution >= 0.6 is 23.1 Å². The average molecular weight is 579 g/mol. The van der Waals surface area contributed by atoms with Crippen molar-refractivity contribution in [3.8, 4) is 0 Å². The third-order valence-corrected chi connectivity index (χ3v) is 8.16. The number of carbonyl (C=O) groups is 4. The second-order valence-corrected chi connectivity index (χ2v) is 11.5. The van der Waals surface area contributed by atoms with Crippen LogP contribution in [0.2, 0.25) is 0 Å². The zero-order valence-electron chi connectivity index (χ0n) is 20.6. The van der Waals surface area contributed by atoms with Gasteiger partial charge in [-0.3, -0.25) is 25.0 Å². The fourth-order valence-corrected chi connectivity index (χ4v) is 6.38. The van der Waals surface area contributed by atoms with Gasteiger partial charge in [0.2, 0.25) is 5.91 Å². The summed E-state index contributed by atoms with van der Waals surface area (Å²) in [6.45, 7) is 3.30. The third kappa shape index (κ3) is 5.63. The number of β-lactam (4-membered cyclic amide) rings is 1. The molecule has 39 heavy (non-hydrogen) atoms. The Hall–Kier alpha value is -4.25. The maximum absolute atomic E-state index is 13.0. The highest BCUT2D eigenvalue weighted by atomic mass is 32.2. The van der Waals surface area contributed by atoms with Crippen molar-refractivity contribution in [3.63, 3.8) is 0 Å². The number of thioether (sulfide) groups is 1. The number of hydrogen-bond donors (Lipinski definition) is 3. The number of carbonyl (C=O) groups excluding carboxylic acids is 3. The molecule has 0 aliphatic carbocycles. The predicted molar refractivity (Wildman–Crippen MR) is 138 cm³/mol. The van der Waals surface area contributed by atoms with E-state index in [4.69, 9.17) is 9.57 Å². The molecule has 1 aromatic heterocycles. The van der Waals surface area contributed by atoms with E-state index in [0.717, 1.165) is 11.3 Å². The standard InChI is InChI=1S/C22H22N6O9S2/c1-22(2)15(19(31)32)27-17(30)14(18(27)39-22)24-16(29)13(26-36-3)12-9-38-20(23-12)25-21(33)37-8-10-4-6-11(7-5-10)28(34)35/h4-7,9,14-15,18H,8H2,1-3H3,(H,24,29)(H,31,32)(H,23,25,33)/t14-,15+,18-/m1/s1. The number of nitrogens with one attached hydrogen (secondary N) is 2. The zero-order valence-corrected chi connectivity index (χ0v) is 22.3. The van der Waals surface area contributed by atoms with Crippen LogP contribution in [0.4, 0.5) is 15.6 Å². The van der Waals surface area contributed by atoms with Crippen molar-refractivity contribution in [1.29, 1.82) is 0 Å².